The second-order valence-corrected chi connectivity index (χ2v) is 3.88. The zero-order valence-corrected chi connectivity index (χ0v) is 10.3. The number of carbonyl (C=O) groups is 3. The molecule has 3 amide bonds. The van der Waals surface area contributed by atoms with E-state index >= 15 is 0 Å². The number of aromatic nitrogens is 1. The zero-order valence-electron chi connectivity index (χ0n) is 10.3. The smallest absolute Gasteiger partial charge is 0.357 e. The normalized spacial score (nSPS) is 10.0. The molecule has 0 saturated heterocycles. The van der Waals surface area contributed by atoms with Gasteiger partial charge in [-0.25, -0.2) is 14.6 Å². The van der Waals surface area contributed by atoms with Crippen LogP contribution >= 0.6 is 0 Å². The van der Waals surface area contributed by atoms with Crippen molar-refractivity contribution in [1.82, 2.24) is 10.3 Å². The summed E-state index contributed by atoms with van der Waals surface area (Å²) < 4.78 is 4.72. The minimum atomic E-state index is -1.00. The first-order chi connectivity index (χ1) is 9.56. The molecule has 1 aromatic heterocycles. The number of hydrogen-bond acceptors (Lipinski definition) is 5. The van der Waals surface area contributed by atoms with Crippen molar-refractivity contribution in [3.8, 4) is 0 Å². The number of primary amides is 1. The Labute approximate surface area is 113 Å². The summed E-state index contributed by atoms with van der Waals surface area (Å²) in [4.78, 5) is 37.3. The van der Waals surface area contributed by atoms with Crippen LogP contribution in [0, 0.1) is 0 Å². The van der Waals surface area contributed by atoms with Gasteiger partial charge >= 0.3 is 12.0 Å². The average molecular weight is 273 g/mol. The molecule has 0 bridgehead atoms. The lowest BCUT2D eigenvalue weighted by Crippen LogP contribution is -2.37. The maximum atomic E-state index is 11.7. The van der Waals surface area contributed by atoms with Crippen molar-refractivity contribution in [2.45, 2.75) is 0 Å². The number of hydrogen-bond donors (Lipinski definition) is 2. The van der Waals surface area contributed by atoms with E-state index in [1.54, 1.807) is 23.5 Å². The fraction of sp³-hybridized carbons (Fsp3) is 0.0769. The standard InChI is InChI=1S/C13H11N3O4/c14-13(19)16-11(17)7-20-12(18)10-6-5-8-3-1-2-4-9(8)15-10/h1-6H,7H2,(H3,14,16,17,19). The number of para-hydroxylation sites is 1. The Morgan fingerprint density at radius 2 is 1.90 bits per heavy atom. The maximum Gasteiger partial charge on any atom is 0.357 e. The molecule has 0 aliphatic rings. The van der Waals surface area contributed by atoms with Crippen LogP contribution in [0.15, 0.2) is 36.4 Å². The molecule has 0 radical (unpaired) electrons. The molecule has 1 heterocycles. The molecule has 0 unspecified atom stereocenters. The van der Waals surface area contributed by atoms with Crippen LogP contribution in [0.25, 0.3) is 10.9 Å². The zero-order chi connectivity index (χ0) is 14.5. The number of benzene rings is 1. The second kappa shape index (κ2) is 5.79. The number of nitrogens with one attached hydrogen (secondary N) is 1. The fourth-order valence-electron chi connectivity index (χ4n) is 1.56. The lowest BCUT2D eigenvalue weighted by Gasteiger charge is -2.04. The van der Waals surface area contributed by atoms with Crippen molar-refractivity contribution >= 4 is 28.8 Å². The summed E-state index contributed by atoms with van der Waals surface area (Å²) in [7, 11) is 0. The van der Waals surface area contributed by atoms with Gasteiger partial charge in [-0.2, -0.15) is 0 Å². The minimum absolute atomic E-state index is 0.0792. The molecule has 2 rings (SSSR count). The summed E-state index contributed by atoms with van der Waals surface area (Å²) in [5.41, 5.74) is 5.47. The van der Waals surface area contributed by atoms with Crippen LogP contribution in [0.4, 0.5) is 4.79 Å². The van der Waals surface area contributed by atoms with Gasteiger partial charge in [0, 0.05) is 5.39 Å². The van der Waals surface area contributed by atoms with Crippen LogP contribution in [0.1, 0.15) is 10.5 Å². The predicted octanol–water partition coefficient (Wildman–Crippen LogP) is 0.586. The van der Waals surface area contributed by atoms with E-state index in [4.69, 9.17) is 10.5 Å². The van der Waals surface area contributed by atoms with Crippen LogP contribution in [0.3, 0.4) is 0 Å². The Balaban J connectivity index is 2.04. The Morgan fingerprint density at radius 1 is 1.15 bits per heavy atom. The number of fused-ring (bicyclic) bond motifs is 1. The minimum Gasteiger partial charge on any atom is -0.451 e. The monoisotopic (exact) mass is 273 g/mol. The summed E-state index contributed by atoms with van der Waals surface area (Å²) in [5.74, 6) is -1.55. The first kappa shape index (κ1) is 13.5. The van der Waals surface area contributed by atoms with Gasteiger partial charge in [0.2, 0.25) is 0 Å². The molecular formula is C13H11N3O4. The fourth-order valence-corrected chi connectivity index (χ4v) is 1.56. The first-order valence-corrected chi connectivity index (χ1v) is 5.68. The molecule has 3 N–H and O–H groups in total. The van der Waals surface area contributed by atoms with Crippen LogP contribution in [-0.4, -0.2) is 29.5 Å². The molecule has 7 heteroatoms. The largest absolute Gasteiger partial charge is 0.451 e. The van der Waals surface area contributed by atoms with E-state index in [1.807, 2.05) is 12.1 Å². The number of rotatable bonds is 3. The van der Waals surface area contributed by atoms with Crippen molar-refractivity contribution in [3.05, 3.63) is 42.1 Å². The van der Waals surface area contributed by atoms with E-state index in [0.29, 0.717) is 5.52 Å². The maximum absolute atomic E-state index is 11.7. The molecule has 0 saturated carbocycles. The Morgan fingerprint density at radius 3 is 2.65 bits per heavy atom. The van der Waals surface area contributed by atoms with Crippen LogP contribution in [0.2, 0.25) is 0 Å². The average Bonchev–Trinajstić information content (AvgIpc) is 2.43. The number of imide groups is 1. The van der Waals surface area contributed by atoms with Gasteiger partial charge < -0.3 is 10.5 Å². The van der Waals surface area contributed by atoms with E-state index in [9.17, 15) is 14.4 Å². The van der Waals surface area contributed by atoms with Crippen LogP contribution < -0.4 is 11.1 Å². The molecule has 0 aliphatic heterocycles. The highest BCUT2D eigenvalue weighted by atomic mass is 16.5. The molecular weight excluding hydrogens is 262 g/mol. The molecule has 2 aromatic rings. The Bertz CT molecular complexity index is 684. The lowest BCUT2D eigenvalue weighted by atomic mass is 10.2. The van der Waals surface area contributed by atoms with Gasteiger partial charge in [0.15, 0.2) is 6.61 Å². The molecule has 0 fully saturated rings. The highest BCUT2D eigenvalue weighted by molar-refractivity contribution is 5.96. The third kappa shape index (κ3) is 3.29. The molecule has 0 spiro atoms. The first-order valence-electron chi connectivity index (χ1n) is 5.68. The summed E-state index contributed by atoms with van der Waals surface area (Å²) in [6.45, 7) is -0.601. The van der Waals surface area contributed by atoms with E-state index in [-0.39, 0.29) is 5.69 Å². The van der Waals surface area contributed by atoms with E-state index in [1.165, 1.54) is 6.07 Å². The SMILES string of the molecule is NC(=O)NC(=O)COC(=O)c1ccc2ccccc2n1. The van der Waals surface area contributed by atoms with Crippen LogP contribution in [-0.2, 0) is 9.53 Å². The summed E-state index contributed by atoms with van der Waals surface area (Å²) in [6.07, 6.45) is 0. The highest BCUT2D eigenvalue weighted by Crippen LogP contribution is 2.12. The molecule has 7 nitrogen and oxygen atoms in total. The molecule has 0 atom stereocenters. The molecule has 0 aliphatic carbocycles. The van der Waals surface area contributed by atoms with Crippen molar-refractivity contribution in [1.29, 1.82) is 0 Å². The van der Waals surface area contributed by atoms with Crippen molar-refractivity contribution in [2.24, 2.45) is 5.73 Å². The highest BCUT2D eigenvalue weighted by Gasteiger charge is 2.12. The molecule has 1 aromatic carbocycles. The van der Waals surface area contributed by atoms with Crippen LogP contribution in [0.5, 0.6) is 0 Å². The number of carbonyl (C=O) groups excluding carboxylic acids is 3. The predicted molar refractivity (Wildman–Crippen MR) is 69.8 cm³/mol. The van der Waals surface area contributed by atoms with E-state index in [2.05, 4.69) is 4.98 Å². The number of urea groups is 1. The van der Waals surface area contributed by atoms with Crippen molar-refractivity contribution in [2.75, 3.05) is 6.61 Å². The number of nitrogens with zero attached hydrogens (tertiary/aromatic N) is 1. The van der Waals surface area contributed by atoms with E-state index in [0.717, 1.165) is 5.39 Å². The van der Waals surface area contributed by atoms with Gasteiger partial charge in [0.05, 0.1) is 5.52 Å². The third-order valence-electron chi connectivity index (χ3n) is 2.40. The summed E-state index contributed by atoms with van der Waals surface area (Å²) in [6, 6.07) is 9.48. The number of ether oxygens (including phenoxy) is 1. The van der Waals surface area contributed by atoms with E-state index < -0.39 is 24.5 Å². The van der Waals surface area contributed by atoms with Gasteiger partial charge in [0.1, 0.15) is 5.69 Å². The second-order valence-electron chi connectivity index (χ2n) is 3.88. The van der Waals surface area contributed by atoms with Crippen molar-refractivity contribution in [3.63, 3.8) is 0 Å². The number of esters is 1. The molecule has 20 heavy (non-hydrogen) atoms. The number of amides is 3. The van der Waals surface area contributed by atoms with Gasteiger partial charge in [-0.3, -0.25) is 10.1 Å². The number of nitrogens with two attached hydrogens (primary N) is 1. The lowest BCUT2D eigenvalue weighted by molar-refractivity contribution is -0.123. The topological polar surface area (TPSA) is 111 Å². The third-order valence-corrected chi connectivity index (χ3v) is 2.40. The van der Waals surface area contributed by atoms with Crippen molar-refractivity contribution < 1.29 is 19.1 Å². The summed E-state index contributed by atoms with van der Waals surface area (Å²) in [5, 5.41) is 2.67. The van der Waals surface area contributed by atoms with Gasteiger partial charge in [-0.05, 0) is 12.1 Å². The summed E-state index contributed by atoms with van der Waals surface area (Å²) >= 11 is 0. The quantitative estimate of drug-likeness (QED) is 0.795. The van der Waals surface area contributed by atoms with Gasteiger partial charge in [-0.15, -0.1) is 0 Å². The van der Waals surface area contributed by atoms with Gasteiger partial charge in [-0.1, -0.05) is 24.3 Å². The number of pyridine rings is 1. The van der Waals surface area contributed by atoms with Gasteiger partial charge in [0.25, 0.3) is 5.91 Å². The molecule has 102 valence electrons. The Kier molecular flexibility index (Phi) is 3.90. The Hall–Kier alpha value is -2.96.